The fourth-order valence-corrected chi connectivity index (χ4v) is 4.78. The molecule has 0 spiro atoms. The summed E-state index contributed by atoms with van der Waals surface area (Å²) in [7, 11) is 2.30. The fourth-order valence-electron chi connectivity index (χ4n) is 4.78. The van der Waals surface area contributed by atoms with Gasteiger partial charge in [-0.25, -0.2) is 0 Å². The maximum atomic E-state index is 12.1. The molecular formula is C22H42N2O. The number of carbonyl (C=O) groups is 1. The molecule has 2 fully saturated rings. The van der Waals surface area contributed by atoms with E-state index in [9.17, 15) is 4.79 Å². The van der Waals surface area contributed by atoms with E-state index < -0.39 is 0 Å². The molecule has 1 aliphatic heterocycles. The first-order valence-corrected chi connectivity index (χ1v) is 10.8. The van der Waals surface area contributed by atoms with Crippen LogP contribution in [0.15, 0.2) is 0 Å². The van der Waals surface area contributed by atoms with Gasteiger partial charge in [-0.05, 0) is 69.4 Å². The molecule has 2 aliphatic rings. The van der Waals surface area contributed by atoms with Gasteiger partial charge in [-0.1, -0.05) is 40.5 Å². The minimum absolute atomic E-state index is 0.144. The van der Waals surface area contributed by atoms with Crippen molar-refractivity contribution in [2.45, 2.75) is 72.6 Å². The van der Waals surface area contributed by atoms with Crippen molar-refractivity contribution >= 4 is 5.91 Å². The molecule has 1 heterocycles. The van der Waals surface area contributed by atoms with Crippen LogP contribution >= 0.6 is 0 Å². The van der Waals surface area contributed by atoms with Gasteiger partial charge in [0.05, 0.1) is 0 Å². The van der Waals surface area contributed by atoms with Crippen LogP contribution in [-0.4, -0.2) is 48.9 Å². The smallest absolute Gasteiger partial charge is 0.225 e. The van der Waals surface area contributed by atoms with Gasteiger partial charge in [0.25, 0.3) is 0 Å². The monoisotopic (exact) mass is 350 g/mol. The van der Waals surface area contributed by atoms with E-state index in [1.807, 2.05) is 13.8 Å². The SMILES string of the molecule is CC(C)C(=O)N1CCC(CN(C)CCC2CCC(C(C)C)CC2)CC1. The quantitative estimate of drug-likeness (QED) is 0.666. The first-order chi connectivity index (χ1) is 11.9. The molecule has 3 heteroatoms. The summed E-state index contributed by atoms with van der Waals surface area (Å²) in [6.07, 6.45) is 9.55. The summed E-state index contributed by atoms with van der Waals surface area (Å²) in [5.41, 5.74) is 0. The van der Waals surface area contributed by atoms with Crippen molar-refractivity contribution in [3.05, 3.63) is 0 Å². The topological polar surface area (TPSA) is 23.6 Å². The molecule has 146 valence electrons. The Hall–Kier alpha value is -0.570. The van der Waals surface area contributed by atoms with E-state index in [2.05, 4.69) is 30.7 Å². The Labute approximate surface area is 156 Å². The molecule has 3 nitrogen and oxygen atoms in total. The number of nitrogens with zero attached hydrogens (tertiary/aromatic N) is 2. The van der Waals surface area contributed by atoms with Crippen LogP contribution in [0.2, 0.25) is 0 Å². The molecule has 0 aromatic carbocycles. The third-order valence-electron chi connectivity index (χ3n) is 6.74. The van der Waals surface area contributed by atoms with Crippen molar-refractivity contribution in [1.82, 2.24) is 9.80 Å². The van der Waals surface area contributed by atoms with Crippen LogP contribution < -0.4 is 0 Å². The summed E-state index contributed by atoms with van der Waals surface area (Å²) in [4.78, 5) is 16.7. The summed E-state index contributed by atoms with van der Waals surface area (Å²) >= 11 is 0. The number of piperidine rings is 1. The first kappa shape index (κ1) is 20.7. The van der Waals surface area contributed by atoms with Crippen LogP contribution in [-0.2, 0) is 4.79 Å². The maximum Gasteiger partial charge on any atom is 0.225 e. The molecule has 0 bridgehead atoms. The Morgan fingerprint density at radius 3 is 2.08 bits per heavy atom. The van der Waals surface area contributed by atoms with E-state index in [1.165, 1.54) is 58.0 Å². The highest BCUT2D eigenvalue weighted by Gasteiger charge is 2.26. The van der Waals surface area contributed by atoms with Gasteiger partial charge in [-0.15, -0.1) is 0 Å². The predicted molar refractivity (Wildman–Crippen MR) is 107 cm³/mol. The van der Waals surface area contributed by atoms with E-state index in [-0.39, 0.29) is 5.92 Å². The van der Waals surface area contributed by atoms with Crippen molar-refractivity contribution < 1.29 is 4.79 Å². The van der Waals surface area contributed by atoms with Gasteiger partial charge in [0, 0.05) is 25.6 Å². The highest BCUT2D eigenvalue weighted by Crippen LogP contribution is 2.34. The first-order valence-electron chi connectivity index (χ1n) is 10.8. The number of carbonyl (C=O) groups excluding carboxylic acids is 1. The average Bonchev–Trinajstić information content (AvgIpc) is 2.60. The third kappa shape index (κ3) is 6.58. The minimum atomic E-state index is 0.144. The van der Waals surface area contributed by atoms with Crippen molar-refractivity contribution in [2.75, 3.05) is 33.2 Å². The summed E-state index contributed by atoms with van der Waals surface area (Å²) in [6, 6.07) is 0. The summed E-state index contributed by atoms with van der Waals surface area (Å²) in [5, 5.41) is 0. The van der Waals surface area contributed by atoms with Crippen LogP contribution in [0.25, 0.3) is 0 Å². The van der Waals surface area contributed by atoms with E-state index in [4.69, 9.17) is 0 Å². The minimum Gasteiger partial charge on any atom is -0.342 e. The van der Waals surface area contributed by atoms with Crippen molar-refractivity contribution in [3.63, 3.8) is 0 Å². The number of hydrogen-bond donors (Lipinski definition) is 0. The largest absolute Gasteiger partial charge is 0.342 e. The Balaban J connectivity index is 1.60. The summed E-state index contributed by atoms with van der Waals surface area (Å²) in [5.74, 6) is 4.07. The Kier molecular flexibility index (Phi) is 8.25. The number of amides is 1. The average molecular weight is 351 g/mol. The second-order valence-electron chi connectivity index (χ2n) is 9.50. The van der Waals surface area contributed by atoms with E-state index in [1.54, 1.807) is 0 Å². The zero-order valence-electron chi connectivity index (χ0n) is 17.5. The molecule has 1 amide bonds. The lowest BCUT2D eigenvalue weighted by Gasteiger charge is -2.35. The zero-order valence-corrected chi connectivity index (χ0v) is 17.5. The third-order valence-corrected chi connectivity index (χ3v) is 6.74. The molecule has 0 aromatic heterocycles. The molecule has 0 atom stereocenters. The van der Waals surface area contributed by atoms with Gasteiger partial charge >= 0.3 is 0 Å². The van der Waals surface area contributed by atoms with Gasteiger partial charge in [0.2, 0.25) is 5.91 Å². The van der Waals surface area contributed by atoms with Crippen LogP contribution in [0.5, 0.6) is 0 Å². The second kappa shape index (κ2) is 9.94. The molecule has 0 unspecified atom stereocenters. The van der Waals surface area contributed by atoms with Crippen LogP contribution in [0.1, 0.15) is 72.6 Å². The number of rotatable bonds is 7. The second-order valence-corrected chi connectivity index (χ2v) is 9.50. The van der Waals surface area contributed by atoms with Gasteiger partial charge < -0.3 is 9.80 Å². The van der Waals surface area contributed by atoms with Gasteiger partial charge in [0.15, 0.2) is 0 Å². The molecule has 2 rings (SSSR count). The van der Waals surface area contributed by atoms with E-state index in [0.29, 0.717) is 5.91 Å². The standard InChI is InChI=1S/C22H42N2O/c1-17(2)21-8-6-19(7-9-21)10-13-23(5)16-20-11-14-24(15-12-20)22(25)18(3)4/h17-21H,6-16H2,1-5H3. The number of hydrogen-bond acceptors (Lipinski definition) is 2. The zero-order chi connectivity index (χ0) is 18.4. The Bertz CT molecular complexity index is 391. The van der Waals surface area contributed by atoms with Crippen LogP contribution in [0, 0.1) is 29.6 Å². The molecule has 0 aromatic rings. The van der Waals surface area contributed by atoms with E-state index >= 15 is 0 Å². The highest BCUT2D eigenvalue weighted by atomic mass is 16.2. The van der Waals surface area contributed by atoms with Crippen molar-refractivity contribution in [3.8, 4) is 0 Å². The maximum absolute atomic E-state index is 12.1. The van der Waals surface area contributed by atoms with Gasteiger partial charge in [-0.2, -0.15) is 0 Å². The lowest BCUT2D eigenvalue weighted by atomic mass is 9.76. The molecule has 1 aliphatic carbocycles. The molecule has 1 saturated carbocycles. The van der Waals surface area contributed by atoms with Crippen molar-refractivity contribution in [1.29, 1.82) is 0 Å². The lowest BCUT2D eigenvalue weighted by molar-refractivity contribution is -0.135. The van der Waals surface area contributed by atoms with Crippen LogP contribution in [0.3, 0.4) is 0 Å². The normalized spacial score (nSPS) is 26.0. The summed E-state index contributed by atoms with van der Waals surface area (Å²) in [6.45, 7) is 13.2. The molecule has 25 heavy (non-hydrogen) atoms. The Morgan fingerprint density at radius 1 is 0.960 bits per heavy atom. The predicted octanol–water partition coefficient (Wildman–Crippen LogP) is 4.67. The van der Waals surface area contributed by atoms with Gasteiger partial charge in [-0.3, -0.25) is 4.79 Å². The highest BCUT2D eigenvalue weighted by molar-refractivity contribution is 5.78. The molecular weight excluding hydrogens is 308 g/mol. The van der Waals surface area contributed by atoms with Crippen molar-refractivity contribution in [2.24, 2.45) is 29.6 Å². The number of likely N-dealkylation sites (tertiary alicyclic amines) is 1. The molecule has 0 N–H and O–H groups in total. The van der Waals surface area contributed by atoms with E-state index in [0.717, 1.165) is 36.8 Å². The Morgan fingerprint density at radius 2 is 1.56 bits per heavy atom. The lowest BCUT2D eigenvalue weighted by Crippen LogP contribution is -2.42. The van der Waals surface area contributed by atoms with Gasteiger partial charge in [0.1, 0.15) is 0 Å². The molecule has 1 saturated heterocycles. The van der Waals surface area contributed by atoms with Crippen LogP contribution in [0.4, 0.5) is 0 Å². The summed E-state index contributed by atoms with van der Waals surface area (Å²) < 4.78 is 0. The molecule has 0 radical (unpaired) electrons. The fraction of sp³-hybridized carbons (Fsp3) is 0.955.